The molecular weight excluding hydrogens is 1080 g/mol. The predicted octanol–water partition coefficient (Wildman–Crippen LogP) is 18.9. The molecule has 0 saturated carbocycles. The van der Waals surface area contributed by atoms with Gasteiger partial charge in [0, 0.05) is 50.4 Å². The number of nitrogens with zero attached hydrogens (tertiary/aromatic N) is 5. The topological polar surface area (TPSA) is 58.3 Å². The summed E-state index contributed by atoms with van der Waals surface area (Å²) in [5.74, 6) is 1.89. The monoisotopic (exact) mass is 1150 g/mol. The lowest BCUT2D eigenvalue weighted by Crippen LogP contribution is -2.61. The fraction of sp³-hybridized carbons (Fsp3) is 0.134. The molecule has 7 heteroatoms. The molecule has 1 unspecified atom stereocenters. The third-order valence-electron chi connectivity index (χ3n) is 19.3. The molecule has 11 aromatic carbocycles. The second-order valence-corrected chi connectivity index (χ2v) is 26.9. The van der Waals surface area contributed by atoms with E-state index in [0.717, 1.165) is 78.6 Å². The molecule has 6 nitrogen and oxygen atoms in total. The van der Waals surface area contributed by atoms with Crippen LogP contribution in [0.15, 0.2) is 247 Å². The van der Waals surface area contributed by atoms with Crippen LogP contribution >= 0.6 is 0 Å². The molecule has 2 aromatic heterocycles. The Bertz CT molecular complexity index is 5020. The number of furan rings is 1. The predicted molar refractivity (Wildman–Crippen MR) is 369 cm³/mol. The molecule has 4 aliphatic rings. The van der Waals surface area contributed by atoms with Crippen molar-refractivity contribution in [2.24, 2.45) is 0 Å². The summed E-state index contributed by atoms with van der Waals surface area (Å²) in [4.78, 5) is 20.9. The summed E-state index contributed by atoms with van der Waals surface area (Å²) in [5, 5.41) is 1.11. The minimum Gasteiger partial charge on any atom is -0.468 e. The van der Waals surface area contributed by atoms with Crippen LogP contribution in [0.3, 0.4) is 0 Å². The van der Waals surface area contributed by atoms with E-state index in [4.69, 9.17) is 19.4 Å². The summed E-state index contributed by atoms with van der Waals surface area (Å²) in [6.07, 6.45) is 0. The number of aromatic nitrogens is 3. The van der Waals surface area contributed by atoms with Gasteiger partial charge >= 0.3 is 0 Å². The number of rotatable bonds is 6. The van der Waals surface area contributed by atoms with Crippen molar-refractivity contribution in [3.8, 4) is 67.5 Å². The second kappa shape index (κ2) is 19.3. The van der Waals surface area contributed by atoms with E-state index in [1.165, 1.54) is 77.7 Å². The molecule has 0 fully saturated rings. The molecule has 1 spiro atoms. The zero-order valence-electron chi connectivity index (χ0n) is 51.3. The summed E-state index contributed by atoms with van der Waals surface area (Å²) in [5.41, 5.74) is 29.9. The third kappa shape index (κ3) is 7.93. The molecule has 426 valence electrons. The van der Waals surface area contributed by atoms with Crippen molar-refractivity contribution in [2.45, 2.75) is 71.6 Å². The average Bonchev–Trinajstić information content (AvgIpc) is 1.52. The van der Waals surface area contributed by atoms with E-state index in [1.54, 1.807) is 0 Å². The molecule has 17 rings (SSSR count). The first-order chi connectivity index (χ1) is 43.2. The van der Waals surface area contributed by atoms with Crippen LogP contribution in [0.2, 0.25) is 0 Å². The normalized spacial score (nSPS) is 14.9. The van der Waals surface area contributed by atoms with E-state index in [-0.39, 0.29) is 17.5 Å². The first kappa shape index (κ1) is 52.9. The highest BCUT2D eigenvalue weighted by Crippen LogP contribution is 2.64. The lowest BCUT2D eigenvalue weighted by Gasteiger charge is -2.44. The van der Waals surface area contributed by atoms with Gasteiger partial charge in [0.2, 0.25) is 0 Å². The highest BCUT2D eigenvalue weighted by Gasteiger charge is 2.54. The minimum absolute atomic E-state index is 0.0204. The highest BCUT2D eigenvalue weighted by molar-refractivity contribution is 7.00. The molecule has 0 N–H and O–H groups in total. The SMILES string of the molecule is Cc1ccc(N2c3cc4c(cc3B3c5oc6ccc(C(C)(C)C)cc6c5N(c5ccc(C(C)(C)C)cc5)c5cc(C)cc2c53)-c2ccccc2C42c3ccccc3-c3ccc(-c4nc(-c5ccccc5)nc(-c5ccccc5)n4)cc32)c(-c2ccccc2)c1. The van der Waals surface area contributed by atoms with Gasteiger partial charge in [0.1, 0.15) is 5.58 Å². The maximum absolute atomic E-state index is 7.60. The molecule has 0 saturated heterocycles. The fourth-order valence-electron chi connectivity index (χ4n) is 15.1. The molecule has 89 heavy (non-hydrogen) atoms. The Balaban J connectivity index is 0.972. The summed E-state index contributed by atoms with van der Waals surface area (Å²) in [7, 11) is 0. The number of aryl methyl sites for hydroxylation is 2. The van der Waals surface area contributed by atoms with Crippen molar-refractivity contribution in [1.29, 1.82) is 0 Å². The Morgan fingerprint density at radius 1 is 0.382 bits per heavy atom. The molecule has 2 aliphatic carbocycles. The van der Waals surface area contributed by atoms with Gasteiger partial charge in [0.25, 0.3) is 6.71 Å². The molecule has 1 atom stereocenters. The quantitative estimate of drug-likeness (QED) is 0.155. The van der Waals surface area contributed by atoms with Crippen LogP contribution in [0.4, 0.5) is 34.1 Å². The second-order valence-electron chi connectivity index (χ2n) is 26.9. The Hall–Kier alpha value is -10.4. The molecular formula is C82H64BN5O. The van der Waals surface area contributed by atoms with Crippen molar-refractivity contribution in [3.63, 3.8) is 0 Å². The Morgan fingerprint density at radius 2 is 0.921 bits per heavy atom. The van der Waals surface area contributed by atoms with Crippen molar-refractivity contribution >= 4 is 68.4 Å². The minimum atomic E-state index is -0.740. The van der Waals surface area contributed by atoms with E-state index < -0.39 is 5.41 Å². The fourth-order valence-corrected chi connectivity index (χ4v) is 15.1. The number of hydrogen-bond donors (Lipinski definition) is 0. The molecule has 0 bridgehead atoms. The summed E-state index contributed by atoms with van der Waals surface area (Å²) in [6, 6.07) is 89.9. The standard InChI is InChI=1S/C82H64BN5O/c1-49-32-40-69(61(42-49)51-22-12-9-13-23-51)88-70-48-67-62(47-68(70)83-74-71(43-50(2)44-72(74)88)87(57-37-34-55(35-38-57)80(3,4)5)75-63-46-56(81(6,7)8)36-41-73(63)89-76(75)83)59-29-19-21-31-65(59)82(67)64-30-20-18-28-58(64)60-39-33-54(45-66(60)82)79-85-77(52-24-14-10-15-25-52)84-78(86-79)53-26-16-11-17-27-53/h9-48H,1-8H3. The maximum atomic E-state index is 7.60. The van der Waals surface area contributed by atoms with E-state index in [1.807, 2.05) is 36.4 Å². The van der Waals surface area contributed by atoms with Gasteiger partial charge in [0.05, 0.1) is 22.4 Å². The van der Waals surface area contributed by atoms with Crippen molar-refractivity contribution in [3.05, 3.63) is 287 Å². The molecule has 0 radical (unpaired) electrons. The van der Waals surface area contributed by atoms with Crippen LogP contribution < -0.4 is 26.4 Å². The van der Waals surface area contributed by atoms with E-state index in [2.05, 4.69) is 271 Å². The van der Waals surface area contributed by atoms with Gasteiger partial charge in [-0.25, -0.2) is 15.0 Å². The van der Waals surface area contributed by atoms with Gasteiger partial charge in [-0.05, 0) is 163 Å². The van der Waals surface area contributed by atoms with Gasteiger partial charge in [-0.3, -0.25) is 0 Å². The van der Waals surface area contributed by atoms with Crippen molar-refractivity contribution < 1.29 is 4.42 Å². The summed E-state index contributed by atoms with van der Waals surface area (Å²) in [6.45, 7) is 18.0. The van der Waals surface area contributed by atoms with E-state index >= 15 is 0 Å². The first-order valence-corrected chi connectivity index (χ1v) is 31.2. The first-order valence-electron chi connectivity index (χ1n) is 31.2. The number of fused-ring (bicyclic) bond motifs is 16. The maximum Gasteiger partial charge on any atom is 0.297 e. The summed E-state index contributed by atoms with van der Waals surface area (Å²) < 4.78 is 7.60. The van der Waals surface area contributed by atoms with Crippen LogP contribution in [0.1, 0.15) is 86.1 Å². The number of anilines is 6. The molecule has 2 aliphatic heterocycles. The van der Waals surface area contributed by atoms with Gasteiger partial charge in [-0.2, -0.15) is 0 Å². The molecule has 4 heterocycles. The van der Waals surface area contributed by atoms with Gasteiger partial charge in [0.15, 0.2) is 17.5 Å². The van der Waals surface area contributed by atoms with Crippen LogP contribution in [-0.2, 0) is 16.2 Å². The van der Waals surface area contributed by atoms with Gasteiger partial charge in [-0.1, -0.05) is 229 Å². The number of hydrogen-bond acceptors (Lipinski definition) is 6. The summed E-state index contributed by atoms with van der Waals surface area (Å²) >= 11 is 0. The number of benzene rings is 11. The zero-order chi connectivity index (χ0) is 60.2. The lowest BCUT2D eigenvalue weighted by molar-refractivity contribution is 0.590. The zero-order valence-corrected chi connectivity index (χ0v) is 51.3. The van der Waals surface area contributed by atoms with Crippen molar-refractivity contribution in [2.75, 3.05) is 9.80 Å². The van der Waals surface area contributed by atoms with Crippen LogP contribution in [0.25, 0.3) is 78.5 Å². The van der Waals surface area contributed by atoms with E-state index in [9.17, 15) is 0 Å². The Labute approximate surface area is 521 Å². The van der Waals surface area contributed by atoms with Gasteiger partial charge in [-0.15, -0.1) is 0 Å². The highest BCUT2D eigenvalue weighted by atomic mass is 16.3. The van der Waals surface area contributed by atoms with Crippen molar-refractivity contribution in [1.82, 2.24) is 15.0 Å². The Morgan fingerprint density at radius 3 is 1.55 bits per heavy atom. The van der Waals surface area contributed by atoms with Crippen LogP contribution in [0, 0.1) is 13.8 Å². The lowest BCUT2D eigenvalue weighted by atomic mass is 9.35. The molecule has 0 amide bonds. The smallest absolute Gasteiger partial charge is 0.297 e. The van der Waals surface area contributed by atoms with Crippen LogP contribution in [-0.4, -0.2) is 21.7 Å². The van der Waals surface area contributed by atoms with Gasteiger partial charge < -0.3 is 14.2 Å². The largest absolute Gasteiger partial charge is 0.468 e. The van der Waals surface area contributed by atoms with E-state index in [0.29, 0.717) is 17.5 Å². The van der Waals surface area contributed by atoms with Crippen LogP contribution in [0.5, 0.6) is 0 Å². The third-order valence-corrected chi connectivity index (χ3v) is 19.3. The Kier molecular flexibility index (Phi) is 11.5. The molecule has 13 aromatic rings. The average molecular weight is 1150 g/mol.